The molecule has 0 saturated heterocycles. The number of aromatic nitrogens is 1. The number of likely N-dealkylation sites (N-methyl/N-ethyl adjacent to an activating group) is 1. The maximum Gasteiger partial charge on any atom is 0.319 e. The third-order valence-electron chi connectivity index (χ3n) is 4.59. The summed E-state index contributed by atoms with van der Waals surface area (Å²) in [6.45, 7) is 0. The van der Waals surface area contributed by atoms with Crippen molar-refractivity contribution in [3.05, 3.63) is 95.8 Å². The molecule has 0 fully saturated rings. The lowest BCUT2D eigenvalue weighted by Gasteiger charge is -2.14. The smallest absolute Gasteiger partial charge is 0.319 e. The van der Waals surface area contributed by atoms with Gasteiger partial charge in [0.2, 0.25) is 0 Å². The number of hydrogen-bond acceptors (Lipinski definition) is 5. The zero-order valence-corrected chi connectivity index (χ0v) is 18.8. The molecular formula is C26H24N4O4. The molecule has 0 aliphatic rings. The quantitative estimate of drug-likeness (QED) is 0.526. The van der Waals surface area contributed by atoms with E-state index in [9.17, 15) is 14.4 Å². The number of nitrogens with one attached hydrogen (secondary N) is 1. The molecule has 172 valence electrons. The Morgan fingerprint density at radius 1 is 0.941 bits per heavy atom. The molecule has 1 heterocycles. The third kappa shape index (κ3) is 6.89. The second-order valence-corrected chi connectivity index (χ2v) is 7.43. The topological polar surface area (TPSA) is 115 Å². The number of hydrogen-bond donors (Lipinski definition) is 2. The van der Waals surface area contributed by atoms with Gasteiger partial charge in [0.1, 0.15) is 11.5 Å². The van der Waals surface area contributed by atoms with E-state index in [0.29, 0.717) is 17.1 Å². The fourth-order valence-corrected chi connectivity index (χ4v) is 2.96. The van der Waals surface area contributed by atoms with E-state index >= 15 is 0 Å². The van der Waals surface area contributed by atoms with E-state index in [0.717, 1.165) is 16.7 Å². The van der Waals surface area contributed by atoms with E-state index in [1.807, 2.05) is 29.6 Å². The number of carbonyl (C=O) groups is 3. The summed E-state index contributed by atoms with van der Waals surface area (Å²) in [7, 11) is 3.42. The number of urea groups is 1. The number of primary amides is 1. The van der Waals surface area contributed by atoms with Gasteiger partial charge in [-0.25, -0.2) is 4.79 Å². The van der Waals surface area contributed by atoms with Crippen LogP contribution < -0.4 is 15.8 Å². The molecule has 3 N–H and O–H groups in total. The van der Waals surface area contributed by atoms with Crippen molar-refractivity contribution in [2.24, 2.45) is 5.73 Å². The van der Waals surface area contributed by atoms with Gasteiger partial charge in [-0.15, -0.1) is 0 Å². The van der Waals surface area contributed by atoms with E-state index in [2.05, 4.69) is 4.98 Å². The van der Waals surface area contributed by atoms with Crippen molar-refractivity contribution in [1.29, 1.82) is 0 Å². The molecular weight excluding hydrogens is 432 g/mol. The first-order valence-corrected chi connectivity index (χ1v) is 10.3. The molecule has 0 radical (unpaired) electrons. The lowest BCUT2D eigenvalue weighted by atomic mass is 10.0. The van der Waals surface area contributed by atoms with Crippen molar-refractivity contribution >= 4 is 35.6 Å². The van der Waals surface area contributed by atoms with Crippen LogP contribution in [0.4, 0.5) is 4.79 Å². The second-order valence-electron chi connectivity index (χ2n) is 7.43. The number of imide groups is 1. The van der Waals surface area contributed by atoms with Gasteiger partial charge in [0, 0.05) is 38.1 Å². The van der Waals surface area contributed by atoms with E-state index < -0.39 is 11.9 Å². The van der Waals surface area contributed by atoms with Gasteiger partial charge >= 0.3 is 6.03 Å². The van der Waals surface area contributed by atoms with Gasteiger partial charge in [-0.1, -0.05) is 30.3 Å². The molecule has 3 aromatic rings. The minimum atomic E-state index is -0.907. The Morgan fingerprint density at radius 2 is 1.59 bits per heavy atom. The molecule has 0 atom stereocenters. The van der Waals surface area contributed by atoms with Crippen molar-refractivity contribution in [3.63, 3.8) is 0 Å². The summed E-state index contributed by atoms with van der Waals surface area (Å²) in [5, 5.41) is 1.95. The molecule has 1 aromatic heterocycles. The highest BCUT2D eigenvalue weighted by Gasteiger charge is 2.14. The predicted octanol–water partition coefficient (Wildman–Crippen LogP) is 3.71. The van der Waals surface area contributed by atoms with E-state index in [1.165, 1.54) is 11.0 Å². The molecule has 0 aliphatic heterocycles. The summed E-state index contributed by atoms with van der Waals surface area (Å²) in [6.07, 6.45) is 7.95. The minimum absolute atomic E-state index is 0.120. The molecule has 0 saturated carbocycles. The number of carbonyl (C=O) groups excluding carboxylic acids is 3. The standard InChI is InChI=1S/C26H24N4O4/c1-30(2)25(32)23(16-19-4-3-15-28-17-19)20-8-12-22(13-9-20)34-21-10-5-18(6-11-21)7-14-24(31)29-26(27)33/h3-17H,1-2H3,(H3,27,29,31,33)/b14-7+,23-16+. The molecule has 0 bridgehead atoms. The van der Waals surface area contributed by atoms with Crippen molar-refractivity contribution < 1.29 is 19.1 Å². The van der Waals surface area contributed by atoms with Crippen LogP contribution >= 0.6 is 0 Å². The van der Waals surface area contributed by atoms with Crippen LogP contribution in [0.2, 0.25) is 0 Å². The zero-order valence-electron chi connectivity index (χ0n) is 18.8. The van der Waals surface area contributed by atoms with Crippen LogP contribution in [-0.2, 0) is 9.59 Å². The summed E-state index contributed by atoms with van der Waals surface area (Å²) < 4.78 is 5.88. The van der Waals surface area contributed by atoms with E-state index in [1.54, 1.807) is 75.0 Å². The first kappa shape index (κ1) is 23.9. The Morgan fingerprint density at radius 3 is 2.15 bits per heavy atom. The highest BCUT2D eigenvalue weighted by molar-refractivity contribution is 6.24. The Kier molecular flexibility index (Phi) is 7.91. The van der Waals surface area contributed by atoms with Crippen molar-refractivity contribution in [3.8, 4) is 11.5 Å². The number of benzene rings is 2. The molecule has 0 unspecified atom stereocenters. The maximum atomic E-state index is 12.8. The maximum absolute atomic E-state index is 12.8. The summed E-state index contributed by atoms with van der Waals surface area (Å²) in [4.78, 5) is 40.5. The number of nitrogens with zero attached hydrogens (tertiary/aromatic N) is 2. The monoisotopic (exact) mass is 456 g/mol. The molecule has 4 amide bonds. The number of rotatable bonds is 7. The fourth-order valence-electron chi connectivity index (χ4n) is 2.96. The van der Waals surface area contributed by atoms with Crippen LogP contribution in [0.5, 0.6) is 11.5 Å². The van der Waals surface area contributed by atoms with Crippen LogP contribution in [0.15, 0.2) is 79.1 Å². The number of amides is 4. The Bertz CT molecular complexity index is 1220. The van der Waals surface area contributed by atoms with Crippen LogP contribution in [0, 0.1) is 0 Å². The van der Waals surface area contributed by atoms with Gasteiger partial charge in [0.15, 0.2) is 0 Å². The predicted molar refractivity (Wildman–Crippen MR) is 131 cm³/mol. The van der Waals surface area contributed by atoms with Gasteiger partial charge in [0.05, 0.1) is 0 Å². The highest BCUT2D eigenvalue weighted by atomic mass is 16.5. The second kappa shape index (κ2) is 11.2. The van der Waals surface area contributed by atoms with Gasteiger partial charge < -0.3 is 15.4 Å². The van der Waals surface area contributed by atoms with Crippen LogP contribution in [0.3, 0.4) is 0 Å². The summed E-state index contributed by atoms with van der Waals surface area (Å²) in [6, 6.07) is 17.1. The molecule has 3 rings (SSSR count). The summed E-state index contributed by atoms with van der Waals surface area (Å²) >= 11 is 0. The SMILES string of the molecule is CN(C)C(=O)/C(=C/c1cccnc1)c1ccc(Oc2ccc(/C=C/C(=O)NC(N)=O)cc2)cc1. The molecule has 0 spiro atoms. The fraction of sp³-hybridized carbons (Fsp3) is 0.0769. The Balaban J connectivity index is 1.72. The average Bonchev–Trinajstić information content (AvgIpc) is 2.82. The van der Waals surface area contributed by atoms with Crippen molar-refractivity contribution in [2.75, 3.05) is 14.1 Å². The third-order valence-corrected chi connectivity index (χ3v) is 4.59. The van der Waals surface area contributed by atoms with Gasteiger partial charge in [-0.05, 0) is 59.2 Å². The lowest BCUT2D eigenvalue weighted by molar-refractivity contribution is -0.122. The van der Waals surface area contributed by atoms with E-state index in [4.69, 9.17) is 10.5 Å². The molecule has 8 heteroatoms. The molecule has 0 aliphatic carbocycles. The highest BCUT2D eigenvalue weighted by Crippen LogP contribution is 2.26. The molecule has 2 aromatic carbocycles. The zero-order chi connectivity index (χ0) is 24.5. The average molecular weight is 457 g/mol. The molecule has 8 nitrogen and oxygen atoms in total. The van der Waals surface area contributed by atoms with Gasteiger partial charge in [-0.3, -0.25) is 19.9 Å². The van der Waals surface area contributed by atoms with Crippen LogP contribution in [0.1, 0.15) is 16.7 Å². The minimum Gasteiger partial charge on any atom is -0.457 e. The molecule has 34 heavy (non-hydrogen) atoms. The van der Waals surface area contributed by atoms with E-state index in [-0.39, 0.29) is 5.91 Å². The van der Waals surface area contributed by atoms with Gasteiger partial charge in [0.25, 0.3) is 11.8 Å². The Hall–Kier alpha value is -4.72. The summed E-state index contributed by atoms with van der Waals surface area (Å²) in [5.41, 5.74) is 7.77. The first-order valence-electron chi connectivity index (χ1n) is 10.3. The van der Waals surface area contributed by atoms with Crippen molar-refractivity contribution in [2.45, 2.75) is 0 Å². The van der Waals surface area contributed by atoms with Crippen molar-refractivity contribution in [1.82, 2.24) is 15.2 Å². The largest absolute Gasteiger partial charge is 0.457 e. The first-order chi connectivity index (χ1) is 16.3. The number of nitrogens with two attached hydrogens (primary N) is 1. The normalized spacial score (nSPS) is 11.2. The van der Waals surface area contributed by atoms with Gasteiger partial charge in [-0.2, -0.15) is 0 Å². The number of pyridine rings is 1. The lowest BCUT2D eigenvalue weighted by Crippen LogP contribution is -2.33. The van der Waals surface area contributed by atoms with Crippen LogP contribution in [0.25, 0.3) is 17.7 Å². The van der Waals surface area contributed by atoms with Crippen LogP contribution in [-0.4, -0.2) is 41.8 Å². The number of ether oxygens (including phenoxy) is 1. The summed E-state index contributed by atoms with van der Waals surface area (Å²) in [5.74, 6) is 0.483. The Labute approximate surface area is 197 Å².